The molecule has 4 nitrogen and oxygen atoms in total. The molecule has 0 spiro atoms. The molecular formula is C16H25NO3S. The zero-order chi connectivity index (χ0) is 15.3. The second-order valence-corrected chi connectivity index (χ2v) is 8.04. The number of aliphatic hydroxyl groups is 1. The Morgan fingerprint density at radius 3 is 2.43 bits per heavy atom. The zero-order valence-electron chi connectivity index (χ0n) is 12.6. The Morgan fingerprint density at radius 1 is 1.14 bits per heavy atom. The maximum atomic E-state index is 11.8. The summed E-state index contributed by atoms with van der Waals surface area (Å²) in [6, 6.07) is 7.23. The summed E-state index contributed by atoms with van der Waals surface area (Å²) in [5, 5.41) is 13.0. The first-order chi connectivity index (χ1) is 10.1. The fraction of sp³-hybridized carbons (Fsp3) is 0.625. The highest BCUT2D eigenvalue weighted by atomic mass is 32.2. The van der Waals surface area contributed by atoms with Crippen LogP contribution in [0.2, 0.25) is 0 Å². The molecule has 0 radical (unpaired) electrons. The van der Waals surface area contributed by atoms with Gasteiger partial charge in [-0.2, -0.15) is 0 Å². The predicted molar refractivity (Wildman–Crippen MR) is 85.2 cm³/mol. The largest absolute Gasteiger partial charge is 0.396 e. The van der Waals surface area contributed by atoms with E-state index >= 15 is 0 Å². The van der Waals surface area contributed by atoms with Crippen LogP contribution in [0.3, 0.4) is 0 Å². The molecule has 0 heterocycles. The molecule has 2 rings (SSSR count). The Morgan fingerprint density at radius 2 is 1.81 bits per heavy atom. The summed E-state index contributed by atoms with van der Waals surface area (Å²) >= 11 is 0. The van der Waals surface area contributed by atoms with Gasteiger partial charge in [-0.3, -0.25) is 0 Å². The Bertz CT molecular complexity index is 539. The van der Waals surface area contributed by atoms with E-state index in [0.29, 0.717) is 4.90 Å². The molecule has 0 bridgehead atoms. The van der Waals surface area contributed by atoms with E-state index in [4.69, 9.17) is 0 Å². The standard InChI is InChI=1S/C16H25NO3S/c1-2-21(19,20)15-10-8-14(9-11-15)17-16-7-5-3-4-6-13(16)12-18/h8-11,13,16-18H,2-7,12H2,1H3/t13-,16+/m0/s1. The summed E-state index contributed by atoms with van der Waals surface area (Å²) in [5.41, 5.74) is 0.926. The van der Waals surface area contributed by atoms with Crippen LogP contribution in [0.1, 0.15) is 39.0 Å². The molecule has 0 saturated heterocycles. The summed E-state index contributed by atoms with van der Waals surface area (Å²) in [6.45, 7) is 1.86. The van der Waals surface area contributed by atoms with E-state index < -0.39 is 9.84 Å². The number of nitrogens with one attached hydrogen (secondary N) is 1. The van der Waals surface area contributed by atoms with Crippen LogP contribution < -0.4 is 5.32 Å². The molecule has 1 aliphatic rings. The molecule has 21 heavy (non-hydrogen) atoms. The van der Waals surface area contributed by atoms with Crippen molar-refractivity contribution in [2.24, 2.45) is 5.92 Å². The molecule has 1 saturated carbocycles. The van der Waals surface area contributed by atoms with Gasteiger partial charge in [0.05, 0.1) is 10.6 Å². The number of hydrogen-bond acceptors (Lipinski definition) is 4. The number of aliphatic hydroxyl groups excluding tert-OH is 1. The Labute approximate surface area is 127 Å². The van der Waals surface area contributed by atoms with E-state index in [1.807, 2.05) is 12.1 Å². The summed E-state index contributed by atoms with van der Waals surface area (Å²) in [5.74, 6) is 0.404. The summed E-state index contributed by atoms with van der Waals surface area (Å²) in [7, 11) is -3.14. The van der Waals surface area contributed by atoms with Gasteiger partial charge in [0, 0.05) is 24.3 Å². The van der Waals surface area contributed by atoms with Gasteiger partial charge in [-0.1, -0.05) is 26.2 Å². The lowest BCUT2D eigenvalue weighted by Crippen LogP contribution is -2.30. The lowest BCUT2D eigenvalue weighted by molar-refractivity contribution is 0.203. The number of rotatable bonds is 5. The van der Waals surface area contributed by atoms with Crippen molar-refractivity contribution in [1.29, 1.82) is 0 Å². The fourth-order valence-corrected chi connectivity index (χ4v) is 3.82. The Kier molecular flexibility index (Phi) is 5.65. The lowest BCUT2D eigenvalue weighted by atomic mass is 9.95. The maximum Gasteiger partial charge on any atom is 0.178 e. The molecule has 0 amide bonds. The first-order valence-corrected chi connectivity index (χ1v) is 9.42. The van der Waals surface area contributed by atoms with Crippen molar-refractivity contribution >= 4 is 15.5 Å². The normalized spacial score (nSPS) is 23.5. The van der Waals surface area contributed by atoms with E-state index in [1.54, 1.807) is 19.1 Å². The van der Waals surface area contributed by atoms with Crippen LogP contribution in [0.15, 0.2) is 29.2 Å². The maximum absolute atomic E-state index is 11.8. The molecule has 1 aliphatic carbocycles. The van der Waals surface area contributed by atoms with E-state index in [2.05, 4.69) is 5.32 Å². The van der Waals surface area contributed by atoms with Gasteiger partial charge in [-0.05, 0) is 37.1 Å². The predicted octanol–water partition coefficient (Wildman–Crippen LogP) is 2.83. The first kappa shape index (κ1) is 16.3. The van der Waals surface area contributed by atoms with Gasteiger partial charge in [0.1, 0.15) is 0 Å². The first-order valence-electron chi connectivity index (χ1n) is 7.77. The van der Waals surface area contributed by atoms with Crippen LogP contribution in [0.5, 0.6) is 0 Å². The fourth-order valence-electron chi connectivity index (χ4n) is 2.93. The van der Waals surface area contributed by atoms with E-state index in [0.717, 1.165) is 18.5 Å². The van der Waals surface area contributed by atoms with Crippen LogP contribution in [0, 0.1) is 5.92 Å². The number of sulfone groups is 1. The van der Waals surface area contributed by atoms with E-state index in [9.17, 15) is 13.5 Å². The smallest absolute Gasteiger partial charge is 0.178 e. The van der Waals surface area contributed by atoms with Gasteiger partial charge < -0.3 is 10.4 Å². The third kappa shape index (κ3) is 4.20. The quantitative estimate of drug-likeness (QED) is 0.821. The average Bonchev–Trinajstić information content (AvgIpc) is 2.73. The molecule has 0 unspecified atom stereocenters. The molecule has 1 aromatic carbocycles. The lowest BCUT2D eigenvalue weighted by Gasteiger charge is -2.25. The van der Waals surface area contributed by atoms with Crippen molar-refractivity contribution in [1.82, 2.24) is 0 Å². The molecular weight excluding hydrogens is 286 g/mol. The van der Waals surface area contributed by atoms with Gasteiger partial charge in [0.2, 0.25) is 0 Å². The topological polar surface area (TPSA) is 66.4 Å². The van der Waals surface area contributed by atoms with E-state index in [1.165, 1.54) is 19.3 Å². The number of benzene rings is 1. The van der Waals surface area contributed by atoms with Crippen molar-refractivity contribution in [3.8, 4) is 0 Å². The Balaban J connectivity index is 2.08. The van der Waals surface area contributed by atoms with Gasteiger partial charge in [-0.15, -0.1) is 0 Å². The minimum atomic E-state index is -3.14. The molecule has 5 heteroatoms. The molecule has 0 aromatic heterocycles. The average molecular weight is 311 g/mol. The molecule has 1 fully saturated rings. The van der Waals surface area contributed by atoms with Gasteiger partial charge in [-0.25, -0.2) is 8.42 Å². The minimum Gasteiger partial charge on any atom is -0.396 e. The zero-order valence-corrected chi connectivity index (χ0v) is 13.4. The highest BCUT2D eigenvalue weighted by molar-refractivity contribution is 7.91. The highest BCUT2D eigenvalue weighted by Gasteiger charge is 2.23. The second-order valence-electron chi connectivity index (χ2n) is 5.76. The molecule has 1 aromatic rings. The summed E-state index contributed by atoms with van der Waals surface area (Å²) < 4.78 is 23.6. The SMILES string of the molecule is CCS(=O)(=O)c1ccc(N[C@@H]2CCCCC[C@H]2CO)cc1. The van der Waals surface area contributed by atoms with Crippen LogP contribution >= 0.6 is 0 Å². The molecule has 2 N–H and O–H groups in total. The molecule has 2 atom stereocenters. The van der Waals surface area contributed by atoms with Crippen molar-refractivity contribution in [2.45, 2.75) is 50.0 Å². The van der Waals surface area contributed by atoms with Gasteiger partial charge in [0.25, 0.3) is 0 Å². The van der Waals surface area contributed by atoms with Gasteiger partial charge in [0.15, 0.2) is 9.84 Å². The highest BCUT2D eigenvalue weighted by Crippen LogP contribution is 2.26. The van der Waals surface area contributed by atoms with Gasteiger partial charge >= 0.3 is 0 Å². The van der Waals surface area contributed by atoms with Crippen LogP contribution in [0.25, 0.3) is 0 Å². The van der Waals surface area contributed by atoms with Crippen molar-refractivity contribution in [3.63, 3.8) is 0 Å². The summed E-state index contributed by atoms with van der Waals surface area (Å²) in [6.07, 6.45) is 5.69. The summed E-state index contributed by atoms with van der Waals surface area (Å²) in [4.78, 5) is 0.370. The minimum absolute atomic E-state index is 0.120. The third-order valence-electron chi connectivity index (χ3n) is 4.34. The number of hydrogen-bond donors (Lipinski definition) is 2. The van der Waals surface area contributed by atoms with Crippen LogP contribution in [0.4, 0.5) is 5.69 Å². The monoisotopic (exact) mass is 311 g/mol. The van der Waals surface area contributed by atoms with Crippen molar-refractivity contribution in [2.75, 3.05) is 17.7 Å². The van der Waals surface area contributed by atoms with Crippen LogP contribution in [-0.2, 0) is 9.84 Å². The van der Waals surface area contributed by atoms with E-state index in [-0.39, 0.29) is 24.3 Å². The molecule has 118 valence electrons. The third-order valence-corrected chi connectivity index (χ3v) is 6.09. The second kappa shape index (κ2) is 7.27. The Hall–Kier alpha value is -1.07. The number of anilines is 1. The van der Waals surface area contributed by atoms with Crippen molar-refractivity contribution < 1.29 is 13.5 Å². The van der Waals surface area contributed by atoms with Crippen molar-refractivity contribution in [3.05, 3.63) is 24.3 Å². The molecule has 0 aliphatic heterocycles. The van der Waals surface area contributed by atoms with Crippen LogP contribution in [-0.4, -0.2) is 31.9 Å².